The molecule has 1 amide bonds. The van der Waals surface area contributed by atoms with Crippen molar-refractivity contribution in [1.82, 2.24) is 5.32 Å². The predicted octanol–water partition coefficient (Wildman–Crippen LogP) is 2.56. The first-order valence-corrected chi connectivity index (χ1v) is 7.08. The molecule has 2 N–H and O–H groups in total. The zero-order valence-electron chi connectivity index (χ0n) is 13.3. The van der Waals surface area contributed by atoms with Gasteiger partial charge in [-0.25, -0.2) is 4.79 Å². The number of carboxylic acid groups (broad SMARTS) is 1. The number of hydrogen-bond acceptors (Lipinski definition) is 4. The Morgan fingerprint density at radius 3 is 2.08 bits per heavy atom. The quantitative estimate of drug-likeness (QED) is 0.797. The van der Waals surface area contributed by atoms with Gasteiger partial charge in [0, 0.05) is 11.6 Å². The number of carboxylic acids is 1. The first-order chi connectivity index (χ1) is 11.5. The van der Waals surface area contributed by atoms with Gasteiger partial charge in [0.15, 0.2) is 0 Å². The fourth-order valence-corrected chi connectivity index (χ4v) is 2.01. The molecular weight excluding hydrogens is 310 g/mol. The monoisotopic (exact) mass is 327 g/mol. The van der Waals surface area contributed by atoms with E-state index in [0.29, 0.717) is 22.6 Å². The maximum atomic E-state index is 12.1. The van der Waals surface area contributed by atoms with Gasteiger partial charge < -0.3 is 19.9 Å². The van der Waals surface area contributed by atoms with E-state index >= 15 is 0 Å². The molecule has 0 saturated carbocycles. The van der Waals surface area contributed by atoms with Crippen molar-refractivity contribution in [3.8, 4) is 11.5 Å². The fraction of sp³-hybridized carbons (Fsp3) is 0.111. The van der Waals surface area contributed by atoms with Crippen LogP contribution in [-0.4, -0.2) is 31.2 Å². The lowest BCUT2D eigenvalue weighted by atomic mass is 10.1. The highest BCUT2D eigenvalue weighted by Crippen LogP contribution is 2.23. The van der Waals surface area contributed by atoms with E-state index in [-0.39, 0.29) is 5.70 Å². The van der Waals surface area contributed by atoms with E-state index in [1.54, 1.807) is 48.5 Å². The number of amides is 1. The van der Waals surface area contributed by atoms with Gasteiger partial charge in [-0.05, 0) is 35.9 Å². The summed E-state index contributed by atoms with van der Waals surface area (Å²) in [6.07, 6.45) is 1.34. The number of hydrogen-bond donors (Lipinski definition) is 2. The highest BCUT2D eigenvalue weighted by Gasteiger charge is 2.13. The second-order valence-corrected chi connectivity index (χ2v) is 4.83. The maximum absolute atomic E-state index is 12.1. The molecule has 0 atom stereocenters. The maximum Gasteiger partial charge on any atom is 0.352 e. The smallest absolute Gasteiger partial charge is 0.352 e. The van der Waals surface area contributed by atoms with E-state index in [1.165, 1.54) is 20.3 Å². The van der Waals surface area contributed by atoms with Crippen molar-refractivity contribution in [2.24, 2.45) is 0 Å². The first-order valence-electron chi connectivity index (χ1n) is 7.08. The number of benzene rings is 2. The van der Waals surface area contributed by atoms with E-state index in [1.807, 2.05) is 0 Å². The molecule has 0 radical (unpaired) electrons. The number of aliphatic carboxylic acids is 1. The van der Waals surface area contributed by atoms with Crippen molar-refractivity contribution in [2.75, 3.05) is 14.2 Å². The van der Waals surface area contributed by atoms with Crippen LogP contribution in [0.25, 0.3) is 6.08 Å². The highest BCUT2D eigenvalue weighted by molar-refractivity contribution is 6.02. The minimum Gasteiger partial charge on any atom is -0.497 e. The van der Waals surface area contributed by atoms with Crippen molar-refractivity contribution in [2.45, 2.75) is 0 Å². The van der Waals surface area contributed by atoms with Crippen LogP contribution in [0.5, 0.6) is 11.5 Å². The summed E-state index contributed by atoms with van der Waals surface area (Å²) in [5, 5.41) is 11.7. The van der Waals surface area contributed by atoms with Gasteiger partial charge in [-0.15, -0.1) is 0 Å². The molecule has 2 aromatic rings. The Morgan fingerprint density at radius 1 is 1.00 bits per heavy atom. The number of carbonyl (C=O) groups excluding carboxylic acids is 1. The Labute approximate surface area is 139 Å². The molecule has 0 aromatic heterocycles. The van der Waals surface area contributed by atoms with Crippen molar-refractivity contribution in [3.05, 3.63) is 65.4 Å². The van der Waals surface area contributed by atoms with E-state index < -0.39 is 11.9 Å². The molecule has 0 saturated heterocycles. The normalized spacial score (nSPS) is 10.8. The Bertz CT molecular complexity index is 746. The predicted molar refractivity (Wildman–Crippen MR) is 89.1 cm³/mol. The average molecular weight is 327 g/mol. The van der Waals surface area contributed by atoms with Gasteiger partial charge in [-0.2, -0.15) is 0 Å². The van der Waals surface area contributed by atoms with Crippen LogP contribution in [0.3, 0.4) is 0 Å². The molecule has 0 spiro atoms. The second kappa shape index (κ2) is 7.82. The number of ether oxygens (including phenoxy) is 2. The fourth-order valence-electron chi connectivity index (χ4n) is 2.01. The van der Waals surface area contributed by atoms with Gasteiger partial charge in [0.2, 0.25) is 0 Å². The van der Waals surface area contributed by atoms with Crippen molar-refractivity contribution >= 4 is 18.0 Å². The Morgan fingerprint density at radius 2 is 1.58 bits per heavy atom. The molecule has 0 fully saturated rings. The van der Waals surface area contributed by atoms with Crippen LogP contribution in [0.1, 0.15) is 15.9 Å². The standard InChI is InChI=1S/C18H17NO5/c1-23-14-8-12(9-15(11-14)24-2)10-16(18(21)22)19-17(20)13-6-4-3-5-7-13/h3-11H,1-2H3,(H,19,20)(H,21,22)/b16-10+. The number of rotatable bonds is 6. The Kier molecular flexibility index (Phi) is 5.57. The molecule has 24 heavy (non-hydrogen) atoms. The van der Waals surface area contributed by atoms with Gasteiger partial charge in [0.05, 0.1) is 14.2 Å². The number of nitrogens with one attached hydrogen (secondary N) is 1. The molecule has 6 heteroatoms. The average Bonchev–Trinajstić information content (AvgIpc) is 2.61. The lowest BCUT2D eigenvalue weighted by Crippen LogP contribution is -2.27. The van der Waals surface area contributed by atoms with Crippen LogP contribution in [-0.2, 0) is 4.79 Å². The molecule has 2 aromatic carbocycles. The van der Waals surface area contributed by atoms with E-state index in [2.05, 4.69) is 5.32 Å². The summed E-state index contributed by atoms with van der Waals surface area (Å²) >= 11 is 0. The van der Waals surface area contributed by atoms with Crippen LogP contribution in [0.2, 0.25) is 0 Å². The summed E-state index contributed by atoms with van der Waals surface area (Å²) in [5.41, 5.74) is 0.643. The lowest BCUT2D eigenvalue weighted by molar-refractivity contribution is -0.132. The summed E-state index contributed by atoms with van der Waals surface area (Å²) in [4.78, 5) is 23.6. The van der Waals surface area contributed by atoms with Crippen molar-refractivity contribution < 1.29 is 24.2 Å². The topological polar surface area (TPSA) is 84.9 Å². The lowest BCUT2D eigenvalue weighted by Gasteiger charge is -2.08. The zero-order valence-corrected chi connectivity index (χ0v) is 13.3. The third kappa shape index (κ3) is 4.36. The SMILES string of the molecule is COc1cc(/C=C(/NC(=O)c2ccccc2)C(=O)O)cc(OC)c1. The van der Waals surface area contributed by atoms with Crippen LogP contribution >= 0.6 is 0 Å². The van der Waals surface area contributed by atoms with Crippen LogP contribution in [0, 0.1) is 0 Å². The van der Waals surface area contributed by atoms with E-state index in [4.69, 9.17) is 9.47 Å². The Balaban J connectivity index is 2.32. The van der Waals surface area contributed by atoms with E-state index in [0.717, 1.165) is 0 Å². The summed E-state index contributed by atoms with van der Waals surface area (Å²) in [6.45, 7) is 0. The van der Waals surface area contributed by atoms with Gasteiger partial charge in [-0.1, -0.05) is 18.2 Å². The molecule has 6 nitrogen and oxygen atoms in total. The van der Waals surface area contributed by atoms with Gasteiger partial charge in [0.25, 0.3) is 5.91 Å². The van der Waals surface area contributed by atoms with Crippen LogP contribution in [0.4, 0.5) is 0 Å². The zero-order chi connectivity index (χ0) is 17.5. The largest absolute Gasteiger partial charge is 0.497 e. The first kappa shape index (κ1) is 17.1. The van der Waals surface area contributed by atoms with Gasteiger partial charge >= 0.3 is 5.97 Å². The Hall–Kier alpha value is -3.28. The van der Waals surface area contributed by atoms with Crippen molar-refractivity contribution in [1.29, 1.82) is 0 Å². The molecule has 2 rings (SSSR count). The van der Waals surface area contributed by atoms with Crippen LogP contribution in [0.15, 0.2) is 54.2 Å². The van der Waals surface area contributed by atoms with Gasteiger partial charge in [-0.3, -0.25) is 4.79 Å². The molecule has 0 bridgehead atoms. The molecule has 0 unspecified atom stereocenters. The number of methoxy groups -OCH3 is 2. The number of carbonyl (C=O) groups is 2. The molecule has 0 heterocycles. The molecular formula is C18H17NO5. The van der Waals surface area contributed by atoms with Crippen molar-refractivity contribution in [3.63, 3.8) is 0 Å². The molecule has 124 valence electrons. The molecule has 0 aliphatic heterocycles. The third-order valence-corrected chi connectivity index (χ3v) is 3.20. The van der Waals surface area contributed by atoms with E-state index in [9.17, 15) is 14.7 Å². The second-order valence-electron chi connectivity index (χ2n) is 4.83. The third-order valence-electron chi connectivity index (χ3n) is 3.20. The minimum atomic E-state index is -1.25. The van der Waals surface area contributed by atoms with Gasteiger partial charge in [0.1, 0.15) is 17.2 Å². The minimum absolute atomic E-state index is 0.251. The highest BCUT2D eigenvalue weighted by atomic mass is 16.5. The summed E-state index contributed by atoms with van der Waals surface area (Å²) < 4.78 is 10.3. The summed E-state index contributed by atoms with van der Waals surface area (Å²) in [7, 11) is 3.00. The molecule has 0 aliphatic rings. The molecule has 0 aliphatic carbocycles. The summed E-state index contributed by atoms with van der Waals surface area (Å²) in [6, 6.07) is 13.3. The van der Waals surface area contributed by atoms with Crippen LogP contribution < -0.4 is 14.8 Å². The summed E-state index contributed by atoms with van der Waals surface area (Å²) in [5.74, 6) is -0.723.